The van der Waals surface area contributed by atoms with Crippen molar-refractivity contribution in [2.75, 3.05) is 13.1 Å². The van der Waals surface area contributed by atoms with Crippen LogP contribution in [0.2, 0.25) is 0 Å². The Morgan fingerprint density at radius 2 is 1.79 bits per heavy atom. The Balaban J connectivity index is 1.27. The van der Waals surface area contributed by atoms with Crippen molar-refractivity contribution in [1.82, 2.24) is 19.8 Å². The van der Waals surface area contributed by atoms with Crippen molar-refractivity contribution in [3.8, 4) is 0 Å². The zero-order chi connectivity index (χ0) is 12.7. The molecule has 0 amide bonds. The Labute approximate surface area is 115 Å². The maximum absolute atomic E-state index is 4.31. The van der Waals surface area contributed by atoms with Crippen molar-refractivity contribution in [1.29, 1.82) is 0 Å². The second kappa shape index (κ2) is 4.91. The van der Waals surface area contributed by atoms with E-state index in [9.17, 15) is 0 Å². The van der Waals surface area contributed by atoms with Crippen LogP contribution in [0.5, 0.6) is 0 Å². The van der Waals surface area contributed by atoms with Crippen molar-refractivity contribution in [2.45, 2.75) is 63.2 Å². The van der Waals surface area contributed by atoms with Crippen molar-refractivity contribution in [3.63, 3.8) is 0 Å². The fourth-order valence-electron chi connectivity index (χ4n) is 3.31. The van der Waals surface area contributed by atoms with Gasteiger partial charge >= 0.3 is 0 Å². The molecular formula is C15H24N4. The molecule has 2 saturated carbocycles. The molecule has 2 aliphatic carbocycles. The van der Waals surface area contributed by atoms with Gasteiger partial charge in [0.1, 0.15) is 0 Å². The fraction of sp³-hybridized carbons (Fsp3) is 0.800. The number of nitrogens with one attached hydrogen (secondary N) is 1. The molecule has 3 fully saturated rings. The zero-order valence-corrected chi connectivity index (χ0v) is 11.6. The van der Waals surface area contributed by atoms with Crippen molar-refractivity contribution in [3.05, 3.63) is 18.2 Å². The standard InChI is InChI=1S/C15H24N4/c1-2-13(1)18-7-5-12(6-8-18)17-10-15-9-16-11-19(15)14-3-4-14/h9,11-14,17H,1-8,10H2. The largest absolute Gasteiger partial charge is 0.330 e. The molecule has 0 unspecified atom stereocenters. The highest BCUT2D eigenvalue weighted by atomic mass is 15.2. The van der Waals surface area contributed by atoms with Crippen LogP contribution in [-0.2, 0) is 6.54 Å². The lowest BCUT2D eigenvalue weighted by Gasteiger charge is -2.32. The van der Waals surface area contributed by atoms with Gasteiger partial charge < -0.3 is 14.8 Å². The summed E-state index contributed by atoms with van der Waals surface area (Å²) in [6.07, 6.45) is 12.2. The van der Waals surface area contributed by atoms with Crippen LogP contribution in [-0.4, -0.2) is 39.6 Å². The summed E-state index contributed by atoms with van der Waals surface area (Å²) in [5, 5.41) is 3.74. The molecule has 1 aliphatic heterocycles. The molecule has 0 atom stereocenters. The average molecular weight is 260 g/mol. The van der Waals surface area contributed by atoms with Crippen molar-refractivity contribution in [2.24, 2.45) is 0 Å². The number of aromatic nitrogens is 2. The second-order valence-electron chi connectivity index (χ2n) is 6.45. The quantitative estimate of drug-likeness (QED) is 0.878. The van der Waals surface area contributed by atoms with E-state index in [-0.39, 0.29) is 0 Å². The highest BCUT2D eigenvalue weighted by molar-refractivity contribution is 5.03. The highest BCUT2D eigenvalue weighted by Gasteiger charge is 2.31. The van der Waals surface area contributed by atoms with Crippen LogP contribution >= 0.6 is 0 Å². The smallest absolute Gasteiger partial charge is 0.0951 e. The molecular weight excluding hydrogens is 236 g/mol. The van der Waals surface area contributed by atoms with Crippen LogP contribution in [0.15, 0.2) is 12.5 Å². The number of nitrogens with zero attached hydrogens (tertiary/aromatic N) is 3. The van der Waals surface area contributed by atoms with Crippen LogP contribution in [0.1, 0.15) is 50.3 Å². The molecule has 0 bridgehead atoms. The third kappa shape index (κ3) is 2.70. The molecule has 0 spiro atoms. The molecule has 1 saturated heterocycles. The van der Waals surface area contributed by atoms with Crippen LogP contribution in [0.25, 0.3) is 0 Å². The third-order valence-corrected chi connectivity index (χ3v) is 4.85. The topological polar surface area (TPSA) is 33.1 Å². The molecule has 0 aromatic carbocycles. The van der Waals surface area contributed by atoms with Gasteiger partial charge in [0.2, 0.25) is 0 Å². The van der Waals surface area contributed by atoms with Crippen LogP contribution < -0.4 is 5.32 Å². The first-order chi connectivity index (χ1) is 9.40. The van der Waals surface area contributed by atoms with Crippen molar-refractivity contribution < 1.29 is 0 Å². The van der Waals surface area contributed by atoms with Crippen LogP contribution in [0, 0.1) is 0 Å². The first-order valence-corrected chi connectivity index (χ1v) is 7.88. The lowest BCUT2D eigenvalue weighted by molar-refractivity contribution is 0.188. The molecule has 3 aliphatic rings. The summed E-state index contributed by atoms with van der Waals surface area (Å²) < 4.78 is 2.37. The molecule has 1 aromatic heterocycles. The summed E-state index contributed by atoms with van der Waals surface area (Å²) in [7, 11) is 0. The molecule has 104 valence electrons. The van der Waals surface area contributed by atoms with E-state index >= 15 is 0 Å². The van der Waals surface area contributed by atoms with E-state index in [0.29, 0.717) is 6.04 Å². The van der Waals surface area contributed by atoms with Crippen LogP contribution in [0.4, 0.5) is 0 Å². The van der Waals surface area contributed by atoms with Crippen molar-refractivity contribution >= 4 is 0 Å². The summed E-state index contributed by atoms with van der Waals surface area (Å²) in [6.45, 7) is 3.58. The Morgan fingerprint density at radius 1 is 1.05 bits per heavy atom. The maximum Gasteiger partial charge on any atom is 0.0951 e. The van der Waals surface area contributed by atoms with E-state index in [1.165, 1.54) is 57.3 Å². The summed E-state index contributed by atoms with van der Waals surface area (Å²) >= 11 is 0. The van der Waals surface area contributed by atoms with E-state index in [4.69, 9.17) is 0 Å². The molecule has 4 nitrogen and oxygen atoms in total. The number of hydrogen-bond acceptors (Lipinski definition) is 3. The third-order valence-electron chi connectivity index (χ3n) is 4.85. The molecule has 1 aromatic rings. The van der Waals surface area contributed by atoms with Gasteiger partial charge in [0.25, 0.3) is 0 Å². The Hall–Kier alpha value is -0.870. The Bertz CT molecular complexity index is 425. The first kappa shape index (κ1) is 11.9. The van der Waals surface area contributed by atoms with Gasteiger partial charge in [-0.05, 0) is 51.6 Å². The number of piperidine rings is 1. The summed E-state index contributed by atoms with van der Waals surface area (Å²) in [5.74, 6) is 0. The Kier molecular flexibility index (Phi) is 3.08. The van der Waals surface area contributed by atoms with E-state index in [0.717, 1.165) is 18.6 Å². The number of imidazole rings is 1. The predicted octanol–water partition coefficient (Wildman–Crippen LogP) is 1.93. The van der Waals surface area contributed by atoms with Gasteiger partial charge in [0.15, 0.2) is 0 Å². The minimum atomic E-state index is 0.706. The lowest BCUT2D eigenvalue weighted by atomic mass is 10.0. The minimum absolute atomic E-state index is 0.706. The SMILES string of the molecule is c1ncn(C2CC2)c1CNC1CCN(C2CC2)CC1. The summed E-state index contributed by atoms with van der Waals surface area (Å²) in [6, 6.07) is 2.39. The first-order valence-electron chi connectivity index (χ1n) is 7.88. The minimum Gasteiger partial charge on any atom is -0.330 e. The van der Waals surface area contributed by atoms with Gasteiger partial charge in [-0.2, -0.15) is 0 Å². The number of hydrogen-bond donors (Lipinski definition) is 1. The van der Waals surface area contributed by atoms with Gasteiger partial charge in [-0.1, -0.05) is 0 Å². The number of rotatable bonds is 5. The van der Waals surface area contributed by atoms with Gasteiger partial charge in [0.05, 0.1) is 12.0 Å². The fourth-order valence-corrected chi connectivity index (χ4v) is 3.31. The monoisotopic (exact) mass is 260 g/mol. The molecule has 0 radical (unpaired) electrons. The molecule has 4 heteroatoms. The average Bonchev–Trinajstić information content (AvgIpc) is 3.36. The molecule has 4 rings (SSSR count). The predicted molar refractivity (Wildman–Crippen MR) is 75.0 cm³/mol. The van der Waals surface area contributed by atoms with Gasteiger partial charge in [-0.15, -0.1) is 0 Å². The summed E-state index contributed by atoms with van der Waals surface area (Å²) in [5.41, 5.74) is 1.37. The van der Waals surface area contributed by atoms with E-state index in [2.05, 4.69) is 19.8 Å². The highest BCUT2D eigenvalue weighted by Crippen LogP contribution is 2.35. The van der Waals surface area contributed by atoms with E-state index in [1.54, 1.807) is 0 Å². The second-order valence-corrected chi connectivity index (χ2v) is 6.45. The number of likely N-dealkylation sites (tertiary alicyclic amines) is 1. The Morgan fingerprint density at radius 3 is 2.47 bits per heavy atom. The molecule has 1 N–H and O–H groups in total. The molecule has 2 heterocycles. The lowest BCUT2D eigenvalue weighted by Crippen LogP contribution is -2.43. The van der Waals surface area contributed by atoms with Gasteiger partial charge in [0, 0.05) is 30.9 Å². The van der Waals surface area contributed by atoms with Gasteiger partial charge in [-0.25, -0.2) is 4.98 Å². The van der Waals surface area contributed by atoms with Crippen LogP contribution in [0.3, 0.4) is 0 Å². The zero-order valence-electron chi connectivity index (χ0n) is 11.6. The summed E-state index contributed by atoms with van der Waals surface area (Å²) in [4.78, 5) is 6.99. The molecule has 19 heavy (non-hydrogen) atoms. The van der Waals surface area contributed by atoms with E-state index in [1.807, 2.05) is 12.5 Å². The van der Waals surface area contributed by atoms with Gasteiger partial charge in [-0.3, -0.25) is 0 Å². The maximum atomic E-state index is 4.31. The normalized spacial score (nSPS) is 25.9. The van der Waals surface area contributed by atoms with E-state index < -0.39 is 0 Å².